The van der Waals surface area contributed by atoms with Crippen molar-refractivity contribution in [2.75, 3.05) is 45.5 Å². The van der Waals surface area contributed by atoms with Crippen LogP contribution in [0.25, 0.3) is 10.9 Å². The maximum atomic E-state index is 6.03. The van der Waals surface area contributed by atoms with Crippen molar-refractivity contribution in [1.82, 2.24) is 9.97 Å². The maximum Gasteiger partial charge on any atom is 0.163 e. The summed E-state index contributed by atoms with van der Waals surface area (Å²) in [6.07, 6.45) is 7.31. The van der Waals surface area contributed by atoms with Crippen molar-refractivity contribution in [3.63, 3.8) is 0 Å². The Hall–Kier alpha value is -4.12. The van der Waals surface area contributed by atoms with Gasteiger partial charge in [0.2, 0.25) is 0 Å². The van der Waals surface area contributed by atoms with Gasteiger partial charge in [-0.15, -0.1) is 6.42 Å². The average molecular weight is 484 g/mol. The van der Waals surface area contributed by atoms with Crippen LogP contribution in [-0.4, -0.2) is 50.6 Å². The summed E-state index contributed by atoms with van der Waals surface area (Å²) in [7, 11) is 3.27. The number of terminal acetylenes is 1. The highest BCUT2D eigenvalue weighted by molar-refractivity contribution is 5.96. The van der Waals surface area contributed by atoms with Crippen molar-refractivity contribution in [3.8, 4) is 23.8 Å². The smallest absolute Gasteiger partial charge is 0.163 e. The Kier molecular flexibility index (Phi) is 8.35. The van der Waals surface area contributed by atoms with E-state index in [2.05, 4.69) is 21.9 Å². The maximum absolute atomic E-state index is 6.03. The molecule has 3 aromatic carbocycles. The monoisotopic (exact) mass is 483 g/mol. The minimum Gasteiger partial charge on any atom is -0.487 e. The Morgan fingerprint density at radius 3 is 2.17 bits per heavy atom. The van der Waals surface area contributed by atoms with Crippen LogP contribution in [0.4, 0.5) is 17.2 Å². The molecule has 0 saturated heterocycles. The Bertz CT molecular complexity index is 1350. The first-order valence-electron chi connectivity index (χ1n) is 11.6. The van der Waals surface area contributed by atoms with Crippen molar-refractivity contribution in [3.05, 3.63) is 78.1 Å². The van der Waals surface area contributed by atoms with E-state index >= 15 is 0 Å². The van der Waals surface area contributed by atoms with Crippen molar-refractivity contribution in [2.24, 2.45) is 0 Å². The molecule has 0 aliphatic heterocycles. The van der Waals surface area contributed by atoms with Crippen LogP contribution in [0.5, 0.6) is 11.5 Å². The van der Waals surface area contributed by atoms with Gasteiger partial charge in [0, 0.05) is 42.6 Å². The van der Waals surface area contributed by atoms with Gasteiger partial charge in [-0.2, -0.15) is 0 Å². The molecule has 1 aromatic heterocycles. The summed E-state index contributed by atoms with van der Waals surface area (Å²) in [5, 5.41) is 0.802. The van der Waals surface area contributed by atoms with Crippen molar-refractivity contribution in [2.45, 2.75) is 6.92 Å². The SMILES string of the molecule is C#Cc1cc(C)cc(N(c2ccccc2)c2ncnc3cc(OCCOC)c(OCCOC)cc23)c1. The van der Waals surface area contributed by atoms with Gasteiger partial charge in [0.15, 0.2) is 11.5 Å². The summed E-state index contributed by atoms with van der Waals surface area (Å²) in [4.78, 5) is 11.3. The molecule has 0 fully saturated rings. The Morgan fingerprint density at radius 1 is 0.806 bits per heavy atom. The predicted molar refractivity (Wildman–Crippen MR) is 142 cm³/mol. The Morgan fingerprint density at radius 2 is 1.50 bits per heavy atom. The quantitative estimate of drug-likeness (QED) is 0.208. The summed E-state index contributed by atoms with van der Waals surface area (Å²) in [6, 6.07) is 19.8. The van der Waals surface area contributed by atoms with Gasteiger partial charge in [-0.25, -0.2) is 9.97 Å². The fourth-order valence-corrected chi connectivity index (χ4v) is 3.87. The molecule has 0 saturated carbocycles. The number of benzene rings is 3. The molecule has 0 aliphatic carbocycles. The highest BCUT2D eigenvalue weighted by atomic mass is 16.5. The summed E-state index contributed by atoms with van der Waals surface area (Å²) in [5.74, 6) is 4.61. The van der Waals surface area contributed by atoms with Gasteiger partial charge >= 0.3 is 0 Å². The number of anilines is 3. The van der Waals surface area contributed by atoms with E-state index in [0.717, 1.165) is 33.4 Å². The standard InChI is InChI=1S/C29H29N3O4/c1-5-22-15-21(2)16-24(17-22)32(23-9-7-6-8-10-23)29-25-18-27(35-13-11-33-3)28(36-14-12-34-4)19-26(25)30-20-31-29/h1,6-10,15-20H,11-14H2,2-4H3. The van der Waals surface area contributed by atoms with Crippen molar-refractivity contribution in [1.29, 1.82) is 0 Å². The molecular weight excluding hydrogens is 454 g/mol. The third-order valence-electron chi connectivity index (χ3n) is 5.48. The number of hydrogen-bond acceptors (Lipinski definition) is 7. The molecule has 4 aromatic rings. The Balaban J connectivity index is 1.90. The number of aryl methyl sites for hydroxylation is 1. The first kappa shape index (κ1) is 25.0. The molecule has 4 rings (SSSR count). The molecule has 0 radical (unpaired) electrons. The van der Waals surface area contributed by atoms with Crippen molar-refractivity contribution >= 4 is 28.1 Å². The number of ether oxygens (including phenoxy) is 4. The predicted octanol–water partition coefficient (Wildman–Crippen LogP) is 5.44. The van der Waals surface area contributed by atoms with Crippen LogP contribution in [0.3, 0.4) is 0 Å². The van der Waals surface area contributed by atoms with Crippen LogP contribution < -0.4 is 14.4 Å². The van der Waals surface area contributed by atoms with E-state index in [1.54, 1.807) is 20.5 Å². The van der Waals surface area contributed by atoms with Gasteiger partial charge in [-0.3, -0.25) is 4.90 Å². The lowest BCUT2D eigenvalue weighted by atomic mass is 10.1. The molecule has 36 heavy (non-hydrogen) atoms. The van der Waals surface area contributed by atoms with E-state index in [0.29, 0.717) is 43.7 Å². The highest BCUT2D eigenvalue weighted by Crippen LogP contribution is 2.41. The fourth-order valence-electron chi connectivity index (χ4n) is 3.87. The molecule has 7 heteroatoms. The minimum atomic E-state index is 0.372. The number of para-hydroxylation sites is 1. The first-order valence-corrected chi connectivity index (χ1v) is 11.6. The molecule has 1 heterocycles. The van der Waals surface area contributed by atoms with Gasteiger partial charge < -0.3 is 18.9 Å². The van der Waals surface area contributed by atoms with Crippen LogP contribution in [0.1, 0.15) is 11.1 Å². The molecule has 0 bridgehead atoms. The zero-order valence-electron chi connectivity index (χ0n) is 20.7. The second-order valence-electron chi connectivity index (χ2n) is 8.07. The number of fused-ring (bicyclic) bond motifs is 1. The molecular formula is C29H29N3O4. The first-order chi connectivity index (χ1) is 17.6. The summed E-state index contributed by atoms with van der Waals surface area (Å²) in [5.41, 5.74) is 4.40. The lowest BCUT2D eigenvalue weighted by molar-refractivity contribution is 0.132. The van der Waals surface area contributed by atoms with Gasteiger partial charge in [0.1, 0.15) is 25.4 Å². The lowest BCUT2D eigenvalue weighted by Crippen LogP contribution is -2.13. The zero-order valence-corrected chi connectivity index (χ0v) is 20.7. The topological polar surface area (TPSA) is 65.9 Å². The second kappa shape index (κ2) is 12.0. The molecule has 0 spiro atoms. The fraction of sp³-hybridized carbons (Fsp3) is 0.241. The third kappa shape index (κ3) is 5.74. The number of nitrogens with zero attached hydrogens (tertiary/aromatic N) is 3. The highest BCUT2D eigenvalue weighted by Gasteiger charge is 2.20. The number of rotatable bonds is 11. The van der Waals surface area contributed by atoms with Gasteiger partial charge in [0.05, 0.1) is 18.7 Å². The van der Waals surface area contributed by atoms with Crippen LogP contribution >= 0.6 is 0 Å². The van der Waals surface area contributed by atoms with E-state index in [9.17, 15) is 0 Å². The van der Waals surface area contributed by atoms with Gasteiger partial charge in [-0.05, 0) is 48.9 Å². The zero-order chi connectivity index (χ0) is 25.3. The summed E-state index contributed by atoms with van der Waals surface area (Å²) in [6.45, 7) is 3.68. The van der Waals surface area contributed by atoms with Crippen LogP contribution in [-0.2, 0) is 9.47 Å². The Labute approximate surface area is 211 Å². The number of hydrogen-bond donors (Lipinski definition) is 0. The normalized spacial score (nSPS) is 10.7. The third-order valence-corrected chi connectivity index (χ3v) is 5.48. The number of aromatic nitrogens is 2. The summed E-state index contributed by atoms with van der Waals surface area (Å²) < 4.78 is 22.3. The molecule has 0 N–H and O–H groups in total. The van der Waals surface area contributed by atoms with Gasteiger partial charge in [0.25, 0.3) is 0 Å². The second-order valence-corrected chi connectivity index (χ2v) is 8.07. The largest absolute Gasteiger partial charge is 0.487 e. The van der Waals surface area contributed by atoms with E-state index in [1.165, 1.54) is 0 Å². The van der Waals surface area contributed by atoms with Crippen LogP contribution in [0.15, 0.2) is 67.0 Å². The summed E-state index contributed by atoms with van der Waals surface area (Å²) >= 11 is 0. The van der Waals surface area contributed by atoms with E-state index in [1.807, 2.05) is 61.5 Å². The van der Waals surface area contributed by atoms with Gasteiger partial charge in [-0.1, -0.05) is 24.1 Å². The molecule has 184 valence electrons. The van der Waals surface area contributed by atoms with Crippen LogP contribution in [0.2, 0.25) is 0 Å². The van der Waals surface area contributed by atoms with Crippen molar-refractivity contribution < 1.29 is 18.9 Å². The molecule has 7 nitrogen and oxygen atoms in total. The van der Waals surface area contributed by atoms with E-state index in [4.69, 9.17) is 30.4 Å². The average Bonchev–Trinajstić information content (AvgIpc) is 2.90. The molecule has 0 amide bonds. The van der Waals surface area contributed by atoms with E-state index in [-0.39, 0.29) is 0 Å². The van der Waals surface area contributed by atoms with E-state index < -0.39 is 0 Å². The molecule has 0 aliphatic rings. The van der Waals surface area contributed by atoms with Crippen LogP contribution in [0, 0.1) is 19.3 Å². The lowest BCUT2D eigenvalue weighted by Gasteiger charge is -2.26. The minimum absolute atomic E-state index is 0.372. The molecule has 0 atom stereocenters. The molecule has 0 unspecified atom stereocenters. The number of methoxy groups -OCH3 is 2.